The standard InChI is InChI=1S/C12H15N3O/c1-8-3-5-10(6-4-8)7-15-12(16)11(13)9(2)14-15/h3-6,14H,7,13H2,1-2H3. The van der Waals surface area contributed by atoms with Crippen LogP contribution in [0.1, 0.15) is 16.8 Å². The van der Waals surface area contributed by atoms with Crippen LogP contribution < -0.4 is 11.3 Å². The van der Waals surface area contributed by atoms with Crippen LogP contribution in [0.3, 0.4) is 0 Å². The Morgan fingerprint density at radius 2 is 1.88 bits per heavy atom. The minimum Gasteiger partial charge on any atom is -0.393 e. The Labute approximate surface area is 93.7 Å². The third-order valence-electron chi connectivity index (χ3n) is 2.64. The number of hydrogen-bond donors (Lipinski definition) is 2. The molecule has 4 heteroatoms. The first-order valence-electron chi connectivity index (χ1n) is 5.18. The molecule has 0 aliphatic heterocycles. The minimum atomic E-state index is -0.155. The monoisotopic (exact) mass is 217 g/mol. The average molecular weight is 217 g/mol. The summed E-state index contributed by atoms with van der Waals surface area (Å²) >= 11 is 0. The molecule has 0 aliphatic carbocycles. The normalized spacial score (nSPS) is 10.6. The third-order valence-corrected chi connectivity index (χ3v) is 2.64. The highest BCUT2D eigenvalue weighted by atomic mass is 16.1. The zero-order valence-corrected chi connectivity index (χ0v) is 9.45. The molecular weight excluding hydrogens is 202 g/mol. The maximum Gasteiger partial charge on any atom is 0.290 e. The van der Waals surface area contributed by atoms with Crippen LogP contribution in [0.2, 0.25) is 0 Å². The summed E-state index contributed by atoms with van der Waals surface area (Å²) < 4.78 is 1.52. The second kappa shape index (κ2) is 3.89. The number of hydrogen-bond acceptors (Lipinski definition) is 2. The van der Waals surface area contributed by atoms with E-state index in [0.29, 0.717) is 12.2 Å². The summed E-state index contributed by atoms with van der Waals surface area (Å²) in [6.45, 7) is 4.35. The number of anilines is 1. The molecule has 1 heterocycles. The Bertz CT molecular complexity index is 549. The predicted molar refractivity (Wildman–Crippen MR) is 64.5 cm³/mol. The van der Waals surface area contributed by atoms with E-state index < -0.39 is 0 Å². The SMILES string of the molecule is Cc1ccc(Cn2[nH]c(C)c(N)c2=O)cc1. The van der Waals surface area contributed by atoms with Crippen LogP contribution in [-0.2, 0) is 6.54 Å². The van der Waals surface area contributed by atoms with Crippen molar-refractivity contribution in [3.05, 3.63) is 51.4 Å². The molecule has 16 heavy (non-hydrogen) atoms. The molecule has 1 aromatic carbocycles. The highest BCUT2D eigenvalue weighted by molar-refractivity contribution is 5.39. The van der Waals surface area contributed by atoms with E-state index in [0.717, 1.165) is 11.3 Å². The van der Waals surface area contributed by atoms with Crippen LogP contribution in [0.25, 0.3) is 0 Å². The van der Waals surface area contributed by atoms with Gasteiger partial charge in [0.2, 0.25) is 0 Å². The first-order valence-corrected chi connectivity index (χ1v) is 5.18. The molecule has 0 aliphatic rings. The van der Waals surface area contributed by atoms with E-state index in [-0.39, 0.29) is 5.56 Å². The van der Waals surface area contributed by atoms with Crippen molar-refractivity contribution >= 4 is 5.69 Å². The van der Waals surface area contributed by atoms with Gasteiger partial charge in [0, 0.05) is 0 Å². The van der Waals surface area contributed by atoms with E-state index >= 15 is 0 Å². The summed E-state index contributed by atoms with van der Waals surface area (Å²) in [5.41, 5.74) is 8.76. The highest BCUT2D eigenvalue weighted by Gasteiger charge is 2.06. The Kier molecular flexibility index (Phi) is 2.56. The van der Waals surface area contributed by atoms with Crippen molar-refractivity contribution in [1.82, 2.24) is 9.78 Å². The number of rotatable bonds is 2. The number of aromatic amines is 1. The number of nitrogens with one attached hydrogen (secondary N) is 1. The van der Waals surface area contributed by atoms with Crippen LogP contribution in [-0.4, -0.2) is 9.78 Å². The fourth-order valence-electron chi connectivity index (χ4n) is 1.61. The van der Waals surface area contributed by atoms with Gasteiger partial charge in [0.05, 0.1) is 12.2 Å². The molecule has 2 rings (SSSR count). The van der Waals surface area contributed by atoms with Gasteiger partial charge in [-0.15, -0.1) is 0 Å². The lowest BCUT2D eigenvalue weighted by Gasteiger charge is -2.02. The predicted octanol–water partition coefficient (Wildman–Crippen LogP) is 1.42. The number of nitrogens with two attached hydrogens (primary N) is 1. The van der Waals surface area contributed by atoms with Crippen LogP contribution >= 0.6 is 0 Å². The zero-order valence-electron chi connectivity index (χ0n) is 9.45. The summed E-state index contributed by atoms with van der Waals surface area (Å²) in [4.78, 5) is 11.7. The molecule has 0 amide bonds. The van der Waals surface area contributed by atoms with Crippen LogP contribution in [0.15, 0.2) is 29.1 Å². The molecule has 1 aromatic heterocycles. The second-order valence-corrected chi connectivity index (χ2v) is 4.03. The molecule has 0 saturated heterocycles. The van der Waals surface area contributed by atoms with Crippen molar-refractivity contribution in [2.45, 2.75) is 20.4 Å². The number of H-pyrrole nitrogens is 1. The molecule has 0 radical (unpaired) electrons. The van der Waals surface area contributed by atoms with Crippen molar-refractivity contribution in [3.63, 3.8) is 0 Å². The number of nitrogens with zero attached hydrogens (tertiary/aromatic N) is 1. The van der Waals surface area contributed by atoms with E-state index in [1.807, 2.05) is 31.2 Å². The summed E-state index contributed by atoms with van der Waals surface area (Å²) in [5, 5.41) is 2.95. The molecule has 0 unspecified atom stereocenters. The lowest BCUT2D eigenvalue weighted by atomic mass is 10.1. The summed E-state index contributed by atoms with van der Waals surface area (Å²) in [6, 6.07) is 8.07. The van der Waals surface area contributed by atoms with Crippen molar-refractivity contribution < 1.29 is 0 Å². The van der Waals surface area contributed by atoms with Crippen molar-refractivity contribution in [2.75, 3.05) is 5.73 Å². The van der Waals surface area contributed by atoms with Crippen molar-refractivity contribution in [2.24, 2.45) is 0 Å². The Morgan fingerprint density at radius 1 is 1.25 bits per heavy atom. The van der Waals surface area contributed by atoms with Gasteiger partial charge in [-0.3, -0.25) is 9.89 Å². The largest absolute Gasteiger partial charge is 0.393 e. The average Bonchev–Trinajstić information content (AvgIpc) is 2.50. The molecule has 0 spiro atoms. The highest BCUT2D eigenvalue weighted by Crippen LogP contribution is 2.06. The third kappa shape index (κ3) is 1.86. The van der Waals surface area contributed by atoms with Crippen molar-refractivity contribution in [3.8, 4) is 0 Å². The van der Waals surface area contributed by atoms with Crippen LogP contribution in [0, 0.1) is 13.8 Å². The van der Waals surface area contributed by atoms with Gasteiger partial charge in [-0.05, 0) is 19.4 Å². The molecule has 3 N–H and O–H groups in total. The number of aryl methyl sites for hydroxylation is 2. The van der Waals surface area contributed by atoms with Gasteiger partial charge in [0.1, 0.15) is 5.69 Å². The van der Waals surface area contributed by atoms with Gasteiger partial charge in [-0.1, -0.05) is 29.8 Å². The van der Waals surface area contributed by atoms with Crippen LogP contribution in [0.5, 0.6) is 0 Å². The van der Waals surface area contributed by atoms with Crippen LogP contribution in [0.4, 0.5) is 5.69 Å². The summed E-state index contributed by atoms with van der Waals surface area (Å²) in [7, 11) is 0. The molecule has 0 fully saturated rings. The van der Waals surface area contributed by atoms with Gasteiger partial charge in [-0.2, -0.15) is 0 Å². The van der Waals surface area contributed by atoms with Gasteiger partial charge in [0.15, 0.2) is 0 Å². The lowest BCUT2D eigenvalue weighted by molar-refractivity contribution is 0.658. The number of aromatic nitrogens is 2. The molecule has 0 atom stereocenters. The molecule has 0 saturated carbocycles. The minimum absolute atomic E-state index is 0.155. The van der Waals surface area contributed by atoms with Gasteiger partial charge in [-0.25, -0.2) is 4.68 Å². The first kappa shape index (κ1) is 10.5. The lowest BCUT2D eigenvalue weighted by Crippen LogP contribution is -2.19. The molecule has 0 bridgehead atoms. The summed E-state index contributed by atoms with van der Waals surface area (Å²) in [6.07, 6.45) is 0. The van der Waals surface area contributed by atoms with E-state index in [1.165, 1.54) is 10.2 Å². The molecular formula is C12H15N3O. The maximum atomic E-state index is 11.7. The Balaban J connectivity index is 2.30. The van der Waals surface area contributed by atoms with Crippen molar-refractivity contribution in [1.29, 1.82) is 0 Å². The maximum absolute atomic E-state index is 11.7. The molecule has 84 valence electrons. The quantitative estimate of drug-likeness (QED) is 0.799. The smallest absolute Gasteiger partial charge is 0.290 e. The Morgan fingerprint density at radius 3 is 2.38 bits per heavy atom. The van der Waals surface area contributed by atoms with Gasteiger partial charge < -0.3 is 5.73 Å². The van der Waals surface area contributed by atoms with E-state index in [2.05, 4.69) is 5.10 Å². The number of nitrogen functional groups attached to an aromatic ring is 1. The molecule has 2 aromatic rings. The second-order valence-electron chi connectivity index (χ2n) is 4.03. The fraction of sp³-hybridized carbons (Fsp3) is 0.250. The Hall–Kier alpha value is -1.97. The molecule has 4 nitrogen and oxygen atoms in total. The summed E-state index contributed by atoms with van der Waals surface area (Å²) in [5.74, 6) is 0. The number of benzene rings is 1. The van der Waals surface area contributed by atoms with E-state index in [4.69, 9.17) is 5.73 Å². The van der Waals surface area contributed by atoms with Gasteiger partial charge >= 0.3 is 0 Å². The fourth-order valence-corrected chi connectivity index (χ4v) is 1.61. The van der Waals surface area contributed by atoms with Gasteiger partial charge in [0.25, 0.3) is 5.56 Å². The zero-order chi connectivity index (χ0) is 11.7. The van der Waals surface area contributed by atoms with E-state index in [1.54, 1.807) is 6.92 Å². The topological polar surface area (TPSA) is 63.8 Å². The van der Waals surface area contributed by atoms with E-state index in [9.17, 15) is 4.79 Å². The first-order chi connectivity index (χ1) is 7.58.